The smallest absolute Gasteiger partial charge is 0.0528 e. The molecule has 3 nitrogen and oxygen atoms in total. The van der Waals surface area contributed by atoms with Crippen LogP contribution in [0.15, 0.2) is 18.2 Å². The Balaban J connectivity index is 2.58. The summed E-state index contributed by atoms with van der Waals surface area (Å²) < 4.78 is 0. The van der Waals surface area contributed by atoms with Gasteiger partial charge >= 0.3 is 0 Å². The number of rotatable bonds is 8. The molecule has 0 radical (unpaired) electrons. The summed E-state index contributed by atoms with van der Waals surface area (Å²) in [6.45, 7) is 8.80. The minimum atomic E-state index is -0.271. The number of hydrogen-bond donors (Lipinski definition) is 2. The van der Waals surface area contributed by atoms with E-state index in [1.165, 1.54) is 0 Å². The molecule has 4 heteroatoms. The van der Waals surface area contributed by atoms with Crippen LogP contribution in [0.2, 0.25) is 5.02 Å². The van der Waals surface area contributed by atoms with E-state index in [1.54, 1.807) is 0 Å². The van der Waals surface area contributed by atoms with Crippen molar-refractivity contribution in [2.24, 2.45) is 5.92 Å². The van der Waals surface area contributed by atoms with E-state index >= 15 is 0 Å². The highest BCUT2D eigenvalue weighted by Crippen LogP contribution is 2.23. The summed E-state index contributed by atoms with van der Waals surface area (Å²) in [5.41, 5.74) is 2.21. The molecule has 1 rings (SSSR count). The molecule has 1 aromatic carbocycles. The van der Waals surface area contributed by atoms with Gasteiger partial charge in [0.2, 0.25) is 0 Å². The summed E-state index contributed by atoms with van der Waals surface area (Å²) in [5, 5.41) is 13.5. The minimum Gasteiger partial charge on any atom is -0.393 e. The Morgan fingerprint density at radius 2 is 2.00 bits per heavy atom. The molecule has 0 aliphatic rings. The van der Waals surface area contributed by atoms with Crippen LogP contribution >= 0.6 is 11.6 Å². The van der Waals surface area contributed by atoms with Crippen molar-refractivity contribution in [2.75, 3.05) is 25.0 Å². The van der Waals surface area contributed by atoms with Crippen molar-refractivity contribution in [3.63, 3.8) is 0 Å². The highest BCUT2D eigenvalue weighted by Gasteiger charge is 2.07. The lowest BCUT2D eigenvalue weighted by atomic mass is 10.1. The number of anilines is 1. The van der Waals surface area contributed by atoms with Crippen molar-refractivity contribution in [1.82, 2.24) is 5.32 Å². The van der Waals surface area contributed by atoms with Crippen molar-refractivity contribution in [1.29, 1.82) is 0 Å². The minimum absolute atomic E-state index is 0.271. The summed E-state index contributed by atoms with van der Waals surface area (Å²) in [5.74, 6) is 0.639. The number of benzene rings is 1. The number of aliphatic hydroxyl groups excluding tert-OH is 1. The van der Waals surface area contributed by atoms with Crippen LogP contribution < -0.4 is 10.2 Å². The zero-order valence-corrected chi connectivity index (χ0v) is 13.7. The highest BCUT2D eigenvalue weighted by atomic mass is 35.5. The van der Waals surface area contributed by atoms with Crippen LogP contribution in [-0.4, -0.2) is 31.3 Å². The van der Waals surface area contributed by atoms with Crippen molar-refractivity contribution >= 4 is 17.3 Å². The van der Waals surface area contributed by atoms with Crippen LogP contribution in [0.25, 0.3) is 0 Å². The van der Waals surface area contributed by atoms with Crippen LogP contribution in [0.5, 0.6) is 0 Å². The van der Waals surface area contributed by atoms with Crippen LogP contribution in [0.1, 0.15) is 32.8 Å². The number of hydrogen-bond acceptors (Lipinski definition) is 3. The van der Waals surface area contributed by atoms with E-state index in [2.05, 4.69) is 36.2 Å². The number of nitrogens with zero attached hydrogens (tertiary/aromatic N) is 1. The zero-order valence-electron chi connectivity index (χ0n) is 13.0. The van der Waals surface area contributed by atoms with E-state index < -0.39 is 0 Å². The third-order valence-corrected chi connectivity index (χ3v) is 3.58. The molecule has 20 heavy (non-hydrogen) atoms. The third-order valence-electron chi connectivity index (χ3n) is 3.23. The maximum absolute atomic E-state index is 9.33. The summed E-state index contributed by atoms with van der Waals surface area (Å²) in [6, 6.07) is 6.15. The molecule has 0 aliphatic heterocycles. The topological polar surface area (TPSA) is 35.5 Å². The summed E-state index contributed by atoms with van der Waals surface area (Å²) in [4.78, 5) is 2.12. The molecule has 0 bridgehead atoms. The third kappa shape index (κ3) is 6.12. The lowest BCUT2D eigenvalue weighted by Gasteiger charge is -2.21. The molecule has 0 aliphatic carbocycles. The first-order valence-electron chi connectivity index (χ1n) is 7.28. The van der Waals surface area contributed by atoms with Gasteiger partial charge in [-0.1, -0.05) is 31.5 Å². The number of aliphatic hydroxyl groups is 1. The summed E-state index contributed by atoms with van der Waals surface area (Å²) >= 11 is 6.34. The molecule has 0 aromatic heterocycles. The van der Waals surface area contributed by atoms with E-state index in [0.29, 0.717) is 5.92 Å². The zero-order chi connectivity index (χ0) is 15.1. The largest absolute Gasteiger partial charge is 0.393 e. The van der Waals surface area contributed by atoms with E-state index in [1.807, 2.05) is 20.0 Å². The normalized spacial score (nSPS) is 12.8. The monoisotopic (exact) mass is 298 g/mol. The summed E-state index contributed by atoms with van der Waals surface area (Å²) in [7, 11) is 2.02. The van der Waals surface area contributed by atoms with Crippen molar-refractivity contribution in [3.8, 4) is 0 Å². The van der Waals surface area contributed by atoms with Gasteiger partial charge in [-0.25, -0.2) is 0 Å². The Labute approximate surface area is 127 Å². The fraction of sp³-hybridized carbons (Fsp3) is 0.625. The van der Waals surface area contributed by atoms with Gasteiger partial charge in [0.1, 0.15) is 0 Å². The van der Waals surface area contributed by atoms with Gasteiger partial charge in [0.15, 0.2) is 0 Å². The Bertz CT molecular complexity index is 407. The Morgan fingerprint density at radius 3 is 2.55 bits per heavy atom. The second-order valence-electron chi connectivity index (χ2n) is 5.86. The Hall–Kier alpha value is -0.770. The molecule has 0 fully saturated rings. The van der Waals surface area contributed by atoms with Gasteiger partial charge < -0.3 is 15.3 Å². The molecule has 0 spiro atoms. The maximum Gasteiger partial charge on any atom is 0.0528 e. The van der Waals surface area contributed by atoms with Gasteiger partial charge in [0.05, 0.1) is 6.10 Å². The Kier molecular flexibility index (Phi) is 7.35. The van der Waals surface area contributed by atoms with E-state index in [-0.39, 0.29) is 6.10 Å². The van der Waals surface area contributed by atoms with Crippen molar-refractivity contribution in [2.45, 2.75) is 39.8 Å². The van der Waals surface area contributed by atoms with E-state index in [4.69, 9.17) is 11.6 Å². The van der Waals surface area contributed by atoms with Gasteiger partial charge in [0.25, 0.3) is 0 Å². The average molecular weight is 299 g/mol. The second-order valence-corrected chi connectivity index (χ2v) is 6.27. The van der Waals surface area contributed by atoms with E-state index in [0.717, 1.165) is 42.3 Å². The molecule has 0 saturated heterocycles. The molecule has 1 aromatic rings. The fourth-order valence-electron chi connectivity index (χ4n) is 1.92. The SMILES string of the molecule is CC(C)CNCc1ccc(N(C)CCC(C)O)cc1Cl. The van der Waals surface area contributed by atoms with Gasteiger partial charge in [-0.15, -0.1) is 0 Å². The van der Waals surface area contributed by atoms with Gasteiger partial charge in [-0.2, -0.15) is 0 Å². The fourth-order valence-corrected chi connectivity index (χ4v) is 2.16. The molecular weight excluding hydrogens is 272 g/mol. The van der Waals surface area contributed by atoms with Gasteiger partial charge in [-0.3, -0.25) is 0 Å². The first kappa shape index (κ1) is 17.3. The molecule has 114 valence electrons. The van der Waals surface area contributed by atoms with Crippen LogP contribution in [0.4, 0.5) is 5.69 Å². The molecule has 0 amide bonds. The lowest BCUT2D eigenvalue weighted by molar-refractivity contribution is 0.187. The Morgan fingerprint density at radius 1 is 1.30 bits per heavy atom. The van der Waals surface area contributed by atoms with Crippen molar-refractivity contribution in [3.05, 3.63) is 28.8 Å². The number of nitrogens with one attached hydrogen (secondary N) is 1. The second kappa shape index (κ2) is 8.50. The maximum atomic E-state index is 9.33. The van der Waals surface area contributed by atoms with Gasteiger partial charge in [0, 0.05) is 30.8 Å². The number of halogens is 1. The molecule has 1 atom stereocenters. The van der Waals surface area contributed by atoms with Gasteiger partial charge in [-0.05, 0) is 43.5 Å². The first-order valence-corrected chi connectivity index (χ1v) is 7.66. The van der Waals surface area contributed by atoms with Crippen LogP contribution in [0.3, 0.4) is 0 Å². The highest BCUT2D eigenvalue weighted by molar-refractivity contribution is 6.31. The first-order chi connectivity index (χ1) is 9.40. The van der Waals surface area contributed by atoms with E-state index in [9.17, 15) is 5.11 Å². The van der Waals surface area contributed by atoms with Crippen LogP contribution in [0, 0.1) is 5.92 Å². The predicted octanol–water partition coefficient (Wildman–Crippen LogP) is 3.29. The molecule has 0 heterocycles. The summed E-state index contributed by atoms with van der Waals surface area (Å²) in [6.07, 6.45) is 0.485. The van der Waals surface area contributed by atoms with Crippen molar-refractivity contribution < 1.29 is 5.11 Å². The predicted molar refractivity (Wildman–Crippen MR) is 87.6 cm³/mol. The van der Waals surface area contributed by atoms with Crippen LogP contribution in [-0.2, 0) is 6.54 Å². The lowest BCUT2D eigenvalue weighted by Crippen LogP contribution is -2.22. The molecule has 2 N–H and O–H groups in total. The molecule has 1 unspecified atom stereocenters. The average Bonchev–Trinajstić information content (AvgIpc) is 2.37. The molecular formula is C16H27ClN2O. The quantitative estimate of drug-likeness (QED) is 0.773. The standard InChI is InChI=1S/C16H27ClN2O/c1-12(2)10-18-11-14-5-6-15(9-16(14)17)19(4)8-7-13(3)20/h5-6,9,12-13,18,20H,7-8,10-11H2,1-4H3. The molecule has 0 saturated carbocycles.